The molecule has 0 aliphatic rings. The Morgan fingerprint density at radius 3 is 2.60 bits per heavy atom. The zero-order chi connectivity index (χ0) is 20.3. The molecular formula is C23H29IN4OS. The highest BCUT2D eigenvalue weighted by atomic mass is 127. The van der Waals surface area contributed by atoms with E-state index in [1.54, 1.807) is 13.2 Å². The second kappa shape index (κ2) is 13.2. The molecule has 7 heteroatoms. The lowest BCUT2D eigenvalue weighted by atomic mass is 10.1. The third-order valence-corrected chi connectivity index (χ3v) is 5.37. The minimum atomic E-state index is 0. The number of rotatable bonds is 9. The fraction of sp³-hybridized carbons (Fsp3) is 0.304. The van der Waals surface area contributed by atoms with Gasteiger partial charge in [-0.05, 0) is 53.6 Å². The number of aliphatic imine (C=N–C) groups is 1. The molecule has 0 saturated carbocycles. The minimum absolute atomic E-state index is 0. The Kier molecular flexibility index (Phi) is 10.6. The molecule has 2 N–H and O–H groups in total. The van der Waals surface area contributed by atoms with Crippen molar-refractivity contribution in [2.45, 2.75) is 26.5 Å². The Morgan fingerprint density at radius 2 is 1.93 bits per heavy atom. The quantitative estimate of drug-likeness (QED) is 0.233. The highest BCUT2D eigenvalue weighted by molar-refractivity contribution is 14.0. The van der Waals surface area contributed by atoms with Crippen molar-refractivity contribution >= 4 is 41.3 Å². The maximum absolute atomic E-state index is 5.78. The molecule has 0 aliphatic heterocycles. The van der Waals surface area contributed by atoms with Crippen molar-refractivity contribution in [1.29, 1.82) is 0 Å². The predicted octanol–water partition coefficient (Wildman–Crippen LogP) is 4.88. The maximum Gasteiger partial charge on any atom is 0.191 e. The maximum atomic E-state index is 5.78. The van der Waals surface area contributed by atoms with E-state index in [-0.39, 0.29) is 24.0 Å². The van der Waals surface area contributed by atoms with Gasteiger partial charge in [-0.2, -0.15) is 0 Å². The van der Waals surface area contributed by atoms with Crippen LogP contribution in [0.2, 0.25) is 0 Å². The monoisotopic (exact) mass is 536 g/mol. The van der Waals surface area contributed by atoms with E-state index < -0.39 is 0 Å². The van der Waals surface area contributed by atoms with Gasteiger partial charge in [-0.15, -0.1) is 35.3 Å². The van der Waals surface area contributed by atoms with Crippen LogP contribution < -0.4 is 15.4 Å². The third kappa shape index (κ3) is 8.31. The molecule has 0 aliphatic carbocycles. The first-order valence-electron chi connectivity index (χ1n) is 9.81. The summed E-state index contributed by atoms with van der Waals surface area (Å²) in [4.78, 5) is 10.0. The van der Waals surface area contributed by atoms with Crippen molar-refractivity contribution in [2.75, 3.05) is 13.6 Å². The first-order chi connectivity index (χ1) is 14.2. The van der Waals surface area contributed by atoms with Gasteiger partial charge in [0.2, 0.25) is 0 Å². The van der Waals surface area contributed by atoms with Gasteiger partial charge in [0.05, 0.1) is 5.69 Å². The number of pyridine rings is 1. The van der Waals surface area contributed by atoms with Crippen molar-refractivity contribution in [3.05, 3.63) is 82.3 Å². The second-order valence-corrected chi connectivity index (χ2v) is 7.98. The van der Waals surface area contributed by atoms with Gasteiger partial charge >= 0.3 is 0 Å². The average Bonchev–Trinajstić information content (AvgIpc) is 3.27. The Morgan fingerprint density at radius 1 is 1.10 bits per heavy atom. The molecule has 0 amide bonds. The molecule has 0 fully saturated rings. The highest BCUT2D eigenvalue weighted by Gasteiger charge is 2.06. The standard InChI is InChI=1S/C23H28N4OS.HI/c1-18(14-22-7-5-13-29-22)15-26-23(24-2)27-16-19-8-10-21(11-9-19)28-17-20-6-3-4-12-25-20;/h3-13,18H,14-17H2,1-2H3,(H2,24,26,27);1H. The Balaban J connectivity index is 0.00000320. The summed E-state index contributed by atoms with van der Waals surface area (Å²) in [5.41, 5.74) is 2.09. The van der Waals surface area contributed by atoms with Gasteiger partial charge in [0.1, 0.15) is 12.4 Å². The van der Waals surface area contributed by atoms with Crippen LogP contribution in [0.25, 0.3) is 0 Å². The first-order valence-corrected chi connectivity index (χ1v) is 10.7. The minimum Gasteiger partial charge on any atom is -0.487 e. The van der Waals surface area contributed by atoms with E-state index in [1.165, 1.54) is 10.4 Å². The fourth-order valence-corrected chi connectivity index (χ4v) is 3.74. The van der Waals surface area contributed by atoms with Crippen LogP contribution in [0, 0.1) is 5.92 Å². The predicted molar refractivity (Wildman–Crippen MR) is 136 cm³/mol. The summed E-state index contributed by atoms with van der Waals surface area (Å²) in [6.07, 6.45) is 2.86. The summed E-state index contributed by atoms with van der Waals surface area (Å²) in [5, 5.41) is 8.91. The van der Waals surface area contributed by atoms with Crippen LogP contribution in [0.15, 0.2) is 71.2 Å². The molecule has 1 unspecified atom stereocenters. The smallest absolute Gasteiger partial charge is 0.191 e. The summed E-state index contributed by atoms with van der Waals surface area (Å²) < 4.78 is 5.78. The van der Waals surface area contributed by atoms with E-state index >= 15 is 0 Å². The molecule has 160 valence electrons. The van der Waals surface area contributed by atoms with Crippen LogP contribution in [0.5, 0.6) is 5.75 Å². The number of hydrogen-bond donors (Lipinski definition) is 2. The van der Waals surface area contributed by atoms with Gasteiger partial charge in [-0.1, -0.05) is 31.2 Å². The lowest BCUT2D eigenvalue weighted by Gasteiger charge is -2.16. The zero-order valence-electron chi connectivity index (χ0n) is 17.4. The number of guanidine groups is 1. The second-order valence-electron chi connectivity index (χ2n) is 6.95. The topological polar surface area (TPSA) is 58.5 Å². The van der Waals surface area contributed by atoms with Crippen molar-refractivity contribution in [3.63, 3.8) is 0 Å². The van der Waals surface area contributed by atoms with E-state index in [9.17, 15) is 0 Å². The molecule has 2 aromatic heterocycles. The summed E-state index contributed by atoms with van der Waals surface area (Å²) in [6, 6.07) is 18.2. The molecule has 3 rings (SSSR count). The molecule has 0 radical (unpaired) electrons. The van der Waals surface area contributed by atoms with Crippen molar-refractivity contribution in [3.8, 4) is 5.75 Å². The number of halogens is 1. The number of ether oxygens (including phenoxy) is 1. The summed E-state index contributed by atoms with van der Waals surface area (Å²) >= 11 is 1.81. The molecule has 0 bridgehead atoms. The lowest BCUT2D eigenvalue weighted by Crippen LogP contribution is -2.39. The van der Waals surface area contributed by atoms with Gasteiger partial charge in [0.15, 0.2) is 5.96 Å². The van der Waals surface area contributed by atoms with E-state index in [2.05, 4.69) is 57.2 Å². The van der Waals surface area contributed by atoms with Crippen LogP contribution in [0.3, 0.4) is 0 Å². The first kappa shape index (κ1) is 24.1. The van der Waals surface area contributed by atoms with E-state index in [4.69, 9.17) is 4.74 Å². The van der Waals surface area contributed by atoms with Crippen molar-refractivity contribution < 1.29 is 4.74 Å². The number of hydrogen-bond acceptors (Lipinski definition) is 4. The van der Waals surface area contributed by atoms with E-state index in [0.717, 1.165) is 30.4 Å². The van der Waals surface area contributed by atoms with Gasteiger partial charge in [-0.3, -0.25) is 9.98 Å². The van der Waals surface area contributed by atoms with Gasteiger partial charge < -0.3 is 15.4 Å². The molecule has 1 aromatic carbocycles. The van der Waals surface area contributed by atoms with Crippen LogP contribution >= 0.6 is 35.3 Å². The summed E-state index contributed by atoms with van der Waals surface area (Å²) in [7, 11) is 1.80. The average molecular weight is 536 g/mol. The zero-order valence-corrected chi connectivity index (χ0v) is 20.5. The highest BCUT2D eigenvalue weighted by Crippen LogP contribution is 2.15. The Labute approximate surface area is 200 Å². The number of thiophene rings is 1. The van der Waals surface area contributed by atoms with Gasteiger partial charge in [0, 0.05) is 31.2 Å². The molecule has 1 atom stereocenters. The number of nitrogens with one attached hydrogen (secondary N) is 2. The van der Waals surface area contributed by atoms with Crippen LogP contribution in [0.4, 0.5) is 0 Å². The molecule has 5 nitrogen and oxygen atoms in total. The van der Waals surface area contributed by atoms with Crippen LogP contribution in [-0.2, 0) is 19.6 Å². The largest absolute Gasteiger partial charge is 0.487 e. The normalized spacial score (nSPS) is 12.0. The van der Waals surface area contributed by atoms with Gasteiger partial charge in [-0.25, -0.2) is 0 Å². The van der Waals surface area contributed by atoms with Crippen LogP contribution in [0.1, 0.15) is 23.1 Å². The molecular weight excluding hydrogens is 507 g/mol. The molecule has 3 aromatic rings. The van der Waals surface area contributed by atoms with Crippen molar-refractivity contribution in [2.24, 2.45) is 10.9 Å². The van der Waals surface area contributed by atoms with E-state index in [1.807, 2.05) is 41.7 Å². The molecule has 0 spiro atoms. The lowest BCUT2D eigenvalue weighted by molar-refractivity contribution is 0.301. The molecule has 2 heterocycles. The fourth-order valence-electron chi connectivity index (χ4n) is 2.87. The number of aromatic nitrogens is 1. The van der Waals surface area contributed by atoms with E-state index in [0.29, 0.717) is 19.1 Å². The number of nitrogens with zero attached hydrogens (tertiary/aromatic N) is 2. The van der Waals surface area contributed by atoms with Crippen molar-refractivity contribution in [1.82, 2.24) is 15.6 Å². The molecule has 0 saturated heterocycles. The summed E-state index contributed by atoms with van der Waals surface area (Å²) in [5.74, 6) is 2.20. The summed E-state index contributed by atoms with van der Waals surface area (Å²) in [6.45, 7) is 4.32. The SMILES string of the molecule is CN=C(NCc1ccc(OCc2ccccn2)cc1)NCC(C)Cc1cccs1.I. The van der Waals surface area contributed by atoms with Gasteiger partial charge in [0.25, 0.3) is 0 Å². The Hall–Kier alpha value is -2.13. The van der Waals surface area contributed by atoms with Crippen LogP contribution in [-0.4, -0.2) is 24.5 Å². The molecule has 30 heavy (non-hydrogen) atoms. The Bertz CT molecular complexity index is 870. The number of benzene rings is 1. The third-order valence-electron chi connectivity index (χ3n) is 4.47.